The van der Waals surface area contributed by atoms with Crippen molar-refractivity contribution in [2.24, 2.45) is 5.92 Å². The molecule has 0 aromatic rings. The van der Waals surface area contributed by atoms with Crippen LogP contribution in [0.15, 0.2) is 0 Å². The largest absolute Gasteiger partial charge is 0.328 e. The van der Waals surface area contributed by atoms with Crippen molar-refractivity contribution in [3.63, 3.8) is 0 Å². The van der Waals surface area contributed by atoms with E-state index in [1.54, 1.807) is 0 Å². The van der Waals surface area contributed by atoms with Crippen LogP contribution in [0.25, 0.3) is 0 Å². The van der Waals surface area contributed by atoms with E-state index in [1.165, 1.54) is 140 Å². The summed E-state index contributed by atoms with van der Waals surface area (Å²) in [7, 11) is 4.85. The van der Waals surface area contributed by atoms with Gasteiger partial charge < -0.3 is 4.48 Å². The highest BCUT2D eigenvalue weighted by Gasteiger charge is 2.13. The first-order chi connectivity index (χ1) is 13.5. The number of unbranched alkanes of at least 4 members (excludes halogenated alkanes) is 16. The first-order valence-electron chi connectivity index (χ1n) is 13.3. The molecule has 170 valence electrons. The summed E-state index contributed by atoms with van der Waals surface area (Å²) in [6, 6.07) is 0. The summed E-state index contributed by atoms with van der Waals surface area (Å²) in [4.78, 5) is 0. The molecule has 1 nitrogen and oxygen atoms in total. The second-order valence-electron chi connectivity index (χ2n) is 10.6. The van der Waals surface area contributed by atoms with Crippen LogP contribution in [0.4, 0.5) is 0 Å². The molecule has 0 atom stereocenters. The summed E-state index contributed by atoms with van der Waals surface area (Å²) in [5.41, 5.74) is 0. The standard InChI is InChI=1S/C27H58N/c1-6-7-8-9-10-11-12-13-14-15-16-17-18-19-20-21-22-25-28(4,5)26-23-24-27(2)3/h27H,6-26H2,1-5H3/q+1. The lowest BCUT2D eigenvalue weighted by molar-refractivity contribution is -0.890. The van der Waals surface area contributed by atoms with Crippen LogP contribution in [0.3, 0.4) is 0 Å². The third-order valence-electron chi connectivity index (χ3n) is 6.41. The molecule has 28 heavy (non-hydrogen) atoms. The normalized spacial score (nSPS) is 12.2. The number of rotatable bonds is 22. The average Bonchev–Trinajstić information content (AvgIpc) is 2.63. The van der Waals surface area contributed by atoms with E-state index >= 15 is 0 Å². The van der Waals surface area contributed by atoms with Crippen LogP contribution in [0.1, 0.15) is 143 Å². The van der Waals surface area contributed by atoms with E-state index < -0.39 is 0 Å². The van der Waals surface area contributed by atoms with Crippen molar-refractivity contribution in [3.05, 3.63) is 0 Å². The topological polar surface area (TPSA) is 0 Å². The van der Waals surface area contributed by atoms with Gasteiger partial charge in [-0.1, -0.05) is 117 Å². The van der Waals surface area contributed by atoms with Gasteiger partial charge in [0.25, 0.3) is 0 Å². The van der Waals surface area contributed by atoms with Crippen LogP contribution < -0.4 is 0 Å². The van der Waals surface area contributed by atoms with Gasteiger partial charge in [0.2, 0.25) is 0 Å². The summed E-state index contributed by atoms with van der Waals surface area (Å²) in [6.45, 7) is 9.72. The van der Waals surface area contributed by atoms with Gasteiger partial charge in [0.1, 0.15) is 0 Å². The van der Waals surface area contributed by atoms with Crippen LogP contribution in [0.2, 0.25) is 0 Å². The average molecular weight is 397 g/mol. The quantitative estimate of drug-likeness (QED) is 0.126. The molecule has 0 fully saturated rings. The molecule has 0 saturated heterocycles. The second kappa shape index (κ2) is 20.2. The van der Waals surface area contributed by atoms with Crippen molar-refractivity contribution in [2.45, 2.75) is 143 Å². The number of quaternary nitrogens is 1. The van der Waals surface area contributed by atoms with Crippen molar-refractivity contribution in [2.75, 3.05) is 27.2 Å². The lowest BCUT2D eigenvalue weighted by Gasteiger charge is -2.30. The molecule has 0 N–H and O–H groups in total. The fraction of sp³-hybridized carbons (Fsp3) is 1.00. The molecule has 0 unspecified atom stereocenters. The summed E-state index contributed by atoms with van der Waals surface area (Å²) < 4.78 is 1.23. The third-order valence-corrected chi connectivity index (χ3v) is 6.41. The van der Waals surface area contributed by atoms with Crippen molar-refractivity contribution in [1.29, 1.82) is 0 Å². The zero-order valence-electron chi connectivity index (χ0n) is 20.9. The van der Waals surface area contributed by atoms with E-state index in [9.17, 15) is 0 Å². The van der Waals surface area contributed by atoms with Gasteiger partial charge in [0.05, 0.1) is 27.2 Å². The zero-order chi connectivity index (χ0) is 20.9. The Morgan fingerprint density at radius 1 is 0.464 bits per heavy atom. The Hall–Kier alpha value is -0.0400. The molecule has 0 saturated carbocycles. The van der Waals surface area contributed by atoms with E-state index in [1.807, 2.05) is 0 Å². The predicted molar refractivity (Wildman–Crippen MR) is 130 cm³/mol. The maximum atomic E-state index is 2.42. The van der Waals surface area contributed by atoms with Gasteiger partial charge in [-0.2, -0.15) is 0 Å². The molecule has 0 heterocycles. The third kappa shape index (κ3) is 22.3. The molecule has 1 heteroatoms. The molecule has 0 aliphatic rings. The lowest BCUT2D eigenvalue weighted by atomic mass is 10.0. The molecule has 0 radical (unpaired) electrons. The zero-order valence-corrected chi connectivity index (χ0v) is 20.9. The molecule has 0 rings (SSSR count). The SMILES string of the molecule is CCCCCCCCCCCCCCCCCCC[N+](C)(C)CCCC(C)C. The molecule has 0 spiro atoms. The highest BCUT2D eigenvalue weighted by Crippen LogP contribution is 2.15. The van der Waals surface area contributed by atoms with Crippen LogP contribution >= 0.6 is 0 Å². The number of nitrogens with zero attached hydrogens (tertiary/aromatic N) is 1. The maximum absolute atomic E-state index is 2.42. The summed E-state index contributed by atoms with van der Waals surface area (Å²) in [6.07, 6.45) is 27.7. The Labute approximate surface area is 180 Å². The van der Waals surface area contributed by atoms with Crippen molar-refractivity contribution < 1.29 is 4.48 Å². The van der Waals surface area contributed by atoms with Crippen molar-refractivity contribution in [1.82, 2.24) is 0 Å². The molecule has 0 aromatic heterocycles. The smallest absolute Gasteiger partial charge is 0.0782 e. The summed E-state index contributed by atoms with van der Waals surface area (Å²) in [5.74, 6) is 0.861. The first kappa shape index (κ1) is 28.0. The Morgan fingerprint density at radius 3 is 1.14 bits per heavy atom. The van der Waals surface area contributed by atoms with Gasteiger partial charge in [-0.15, -0.1) is 0 Å². The highest BCUT2D eigenvalue weighted by atomic mass is 15.3. The fourth-order valence-corrected chi connectivity index (χ4v) is 4.30. The Morgan fingerprint density at radius 2 is 0.786 bits per heavy atom. The van der Waals surface area contributed by atoms with Crippen molar-refractivity contribution >= 4 is 0 Å². The van der Waals surface area contributed by atoms with Gasteiger partial charge >= 0.3 is 0 Å². The molecular formula is C27H58N+. The molecule has 0 bridgehead atoms. The maximum Gasteiger partial charge on any atom is 0.0782 e. The molecule has 0 aliphatic heterocycles. The number of hydrogen-bond acceptors (Lipinski definition) is 0. The van der Waals surface area contributed by atoms with Gasteiger partial charge in [0, 0.05) is 0 Å². The van der Waals surface area contributed by atoms with Gasteiger partial charge in [-0.05, 0) is 31.6 Å². The van der Waals surface area contributed by atoms with E-state index in [4.69, 9.17) is 0 Å². The predicted octanol–water partition coefficient (Wildman–Crippen LogP) is 9.15. The van der Waals surface area contributed by atoms with Gasteiger partial charge in [0.15, 0.2) is 0 Å². The lowest BCUT2D eigenvalue weighted by Crippen LogP contribution is -2.41. The van der Waals surface area contributed by atoms with E-state index in [0.29, 0.717) is 0 Å². The van der Waals surface area contributed by atoms with Crippen LogP contribution in [0.5, 0.6) is 0 Å². The summed E-state index contributed by atoms with van der Waals surface area (Å²) in [5, 5.41) is 0. The molecule has 0 amide bonds. The highest BCUT2D eigenvalue weighted by molar-refractivity contribution is 4.51. The first-order valence-corrected chi connectivity index (χ1v) is 13.3. The molecule has 0 aromatic carbocycles. The van der Waals surface area contributed by atoms with E-state index in [0.717, 1.165) is 5.92 Å². The van der Waals surface area contributed by atoms with E-state index in [2.05, 4.69) is 34.9 Å². The van der Waals surface area contributed by atoms with Crippen LogP contribution in [-0.4, -0.2) is 31.7 Å². The molecular weight excluding hydrogens is 338 g/mol. The minimum atomic E-state index is 0.861. The van der Waals surface area contributed by atoms with Gasteiger partial charge in [-0.3, -0.25) is 0 Å². The minimum absolute atomic E-state index is 0.861. The van der Waals surface area contributed by atoms with E-state index in [-0.39, 0.29) is 0 Å². The fourth-order valence-electron chi connectivity index (χ4n) is 4.30. The molecule has 0 aliphatic carbocycles. The van der Waals surface area contributed by atoms with Crippen molar-refractivity contribution in [3.8, 4) is 0 Å². The monoisotopic (exact) mass is 396 g/mol. The minimum Gasteiger partial charge on any atom is -0.328 e. The van der Waals surface area contributed by atoms with Gasteiger partial charge in [-0.25, -0.2) is 0 Å². The summed E-state index contributed by atoms with van der Waals surface area (Å²) >= 11 is 0. The Kier molecular flexibility index (Phi) is 20.2. The Balaban J connectivity index is 3.21. The van der Waals surface area contributed by atoms with Crippen LogP contribution in [-0.2, 0) is 0 Å². The number of hydrogen-bond donors (Lipinski definition) is 0. The second-order valence-corrected chi connectivity index (χ2v) is 10.6. The Bertz CT molecular complexity index is 295. The van der Waals surface area contributed by atoms with Crippen LogP contribution in [0, 0.1) is 5.92 Å².